The molecule has 1 aromatic rings. The van der Waals surface area contributed by atoms with Crippen LogP contribution < -0.4 is 5.73 Å². The summed E-state index contributed by atoms with van der Waals surface area (Å²) >= 11 is 0. The van der Waals surface area contributed by atoms with Gasteiger partial charge in [0.1, 0.15) is 5.82 Å². The smallest absolute Gasteiger partial charge is 0.342 e. The van der Waals surface area contributed by atoms with Gasteiger partial charge in [-0.1, -0.05) is 18.2 Å². The van der Waals surface area contributed by atoms with E-state index in [9.17, 15) is 13.6 Å². The third-order valence-corrected chi connectivity index (χ3v) is 2.09. The molecule has 1 unspecified atom stereocenters. The molecule has 3 nitrogen and oxygen atoms in total. The van der Waals surface area contributed by atoms with E-state index in [-0.39, 0.29) is 24.6 Å². The summed E-state index contributed by atoms with van der Waals surface area (Å²) in [4.78, 5) is 11.1. The van der Waals surface area contributed by atoms with Crippen LogP contribution in [0.3, 0.4) is 0 Å². The van der Waals surface area contributed by atoms with Crippen LogP contribution in [-0.2, 0) is 9.53 Å². The fourth-order valence-corrected chi connectivity index (χ4v) is 1.27. The van der Waals surface area contributed by atoms with Crippen LogP contribution in [0.15, 0.2) is 24.3 Å². The number of carbonyl (C=O) groups excluding carboxylic acids is 1. The van der Waals surface area contributed by atoms with Gasteiger partial charge >= 0.3 is 5.97 Å². The number of hydrogen-bond acceptors (Lipinski definition) is 3. The molecule has 1 rings (SSSR count). The average Bonchev–Trinajstić information content (AvgIpc) is 2.28. The highest BCUT2D eigenvalue weighted by Gasteiger charge is 2.29. The normalized spacial score (nSPS) is 13.4. The Balaban J connectivity index is 0.00000256. The van der Waals surface area contributed by atoms with Gasteiger partial charge in [0, 0.05) is 5.56 Å². The van der Waals surface area contributed by atoms with Crippen molar-refractivity contribution in [2.45, 2.75) is 19.1 Å². The Hall–Kier alpha value is -1.20. The molecule has 6 heteroatoms. The number of carbonyl (C=O) groups is 1. The molecule has 0 aliphatic carbocycles. The number of benzene rings is 1. The molecule has 0 aromatic heterocycles. The summed E-state index contributed by atoms with van der Waals surface area (Å²) in [5.74, 6) is -1.71. The van der Waals surface area contributed by atoms with Crippen LogP contribution in [0, 0.1) is 5.82 Å². The predicted octanol–water partition coefficient (Wildman–Crippen LogP) is 2.15. The SMILES string of the molecule is CCOC(=O)C(F)[C@H](N)c1ccccc1F.Cl. The van der Waals surface area contributed by atoms with E-state index in [0.29, 0.717) is 0 Å². The van der Waals surface area contributed by atoms with Gasteiger partial charge in [-0.3, -0.25) is 0 Å². The molecule has 1 aromatic carbocycles. The maximum absolute atomic E-state index is 13.5. The largest absolute Gasteiger partial charge is 0.464 e. The maximum Gasteiger partial charge on any atom is 0.342 e. The summed E-state index contributed by atoms with van der Waals surface area (Å²) in [7, 11) is 0. The van der Waals surface area contributed by atoms with Crippen LogP contribution in [0.1, 0.15) is 18.5 Å². The van der Waals surface area contributed by atoms with E-state index in [1.807, 2.05) is 0 Å². The highest BCUT2D eigenvalue weighted by atomic mass is 35.5. The number of alkyl halides is 1. The zero-order valence-corrected chi connectivity index (χ0v) is 10.0. The summed E-state index contributed by atoms with van der Waals surface area (Å²) in [5, 5.41) is 0. The fourth-order valence-electron chi connectivity index (χ4n) is 1.27. The topological polar surface area (TPSA) is 52.3 Å². The summed E-state index contributed by atoms with van der Waals surface area (Å²) in [6.45, 7) is 1.61. The van der Waals surface area contributed by atoms with Gasteiger partial charge in [-0.25, -0.2) is 13.6 Å². The predicted molar refractivity (Wildman–Crippen MR) is 62.1 cm³/mol. The second kappa shape index (κ2) is 7.19. The summed E-state index contributed by atoms with van der Waals surface area (Å²) < 4.78 is 31.2. The van der Waals surface area contributed by atoms with Crippen LogP contribution >= 0.6 is 12.4 Å². The zero-order valence-electron chi connectivity index (χ0n) is 9.23. The lowest BCUT2D eigenvalue weighted by atomic mass is 10.0. The lowest BCUT2D eigenvalue weighted by molar-refractivity contribution is -0.149. The van der Waals surface area contributed by atoms with Gasteiger partial charge in [-0.05, 0) is 13.0 Å². The Morgan fingerprint density at radius 2 is 2.06 bits per heavy atom. The zero-order chi connectivity index (χ0) is 12.1. The number of rotatable bonds is 4. The maximum atomic E-state index is 13.5. The minimum Gasteiger partial charge on any atom is -0.464 e. The van der Waals surface area contributed by atoms with Gasteiger partial charge in [0.15, 0.2) is 0 Å². The van der Waals surface area contributed by atoms with Crippen LogP contribution in [-0.4, -0.2) is 18.7 Å². The van der Waals surface area contributed by atoms with Crippen LogP contribution in [0.2, 0.25) is 0 Å². The third-order valence-electron chi connectivity index (χ3n) is 2.09. The molecule has 0 saturated heterocycles. The first-order chi connectivity index (χ1) is 7.57. The first-order valence-corrected chi connectivity index (χ1v) is 4.88. The number of nitrogens with two attached hydrogens (primary N) is 1. The average molecular weight is 266 g/mol. The van der Waals surface area contributed by atoms with Crippen molar-refractivity contribution in [3.8, 4) is 0 Å². The molecular formula is C11H14ClF2NO2. The quantitative estimate of drug-likeness (QED) is 0.849. The Bertz CT molecular complexity index is 376. The Morgan fingerprint density at radius 1 is 1.47 bits per heavy atom. The van der Waals surface area contributed by atoms with Crippen molar-refractivity contribution in [2.75, 3.05) is 6.61 Å². The highest BCUT2D eigenvalue weighted by molar-refractivity contribution is 5.85. The number of halogens is 3. The van der Waals surface area contributed by atoms with Crippen molar-refractivity contribution in [3.63, 3.8) is 0 Å². The molecule has 2 N–H and O–H groups in total. The van der Waals surface area contributed by atoms with Gasteiger partial charge in [0.2, 0.25) is 6.17 Å². The lowest BCUT2D eigenvalue weighted by Crippen LogP contribution is -2.32. The van der Waals surface area contributed by atoms with E-state index in [4.69, 9.17) is 5.73 Å². The number of esters is 1. The molecule has 0 spiro atoms. The first-order valence-electron chi connectivity index (χ1n) is 4.88. The highest BCUT2D eigenvalue weighted by Crippen LogP contribution is 2.20. The van der Waals surface area contributed by atoms with Gasteiger partial charge in [-0.15, -0.1) is 12.4 Å². The van der Waals surface area contributed by atoms with Gasteiger partial charge < -0.3 is 10.5 Å². The molecule has 0 saturated carbocycles. The fraction of sp³-hybridized carbons (Fsp3) is 0.364. The Labute approximate surface area is 104 Å². The van der Waals surface area contributed by atoms with Crippen molar-refractivity contribution in [3.05, 3.63) is 35.6 Å². The Morgan fingerprint density at radius 3 is 2.59 bits per heavy atom. The van der Waals surface area contributed by atoms with Crippen molar-refractivity contribution < 1.29 is 18.3 Å². The molecule has 2 atom stereocenters. The standard InChI is InChI=1S/C11H13F2NO2.ClH/c1-2-16-11(15)9(13)10(14)7-5-3-4-6-8(7)12;/h3-6,9-10H,2,14H2,1H3;1H/t9?,10-;/m1./s1. The summed E-state index contributed by atoms with van der Waals surface area (Å²) in [6.07, 6.45) is -2.06. The van der Waals surface area contributed by atoms with E-state index in [0.717, 1.165) is 6.07 Å². The summed E-state index contributed by atoms with van der Waals surface area (Å²) in [6, 6.07) is 4.14. The molecule has 0 aliphatic rings. The minimum atomic E-state index is -2.06. The van der Waals surface area contributed by atoms with E-state index < -0.39 is 24.0 Å². The second-order valence-corrected chi connectivity index (χ2v) is 3.20. The second-order valence-electron chi connectivity index (χ2n) is 3.20. The summed E-state index contributed by atoms with van der Waals surface area (Å²) in [5.41, 5.74) is 5.42. The molecule has 96 valence electrons. The molecule has 0 bridgehead atoms. The van der Waals surface area contributed by atoms with E-state index in [1.165, 1.54) is 18.2 Å². The number of ether oxygens (including phenoxy) is 1. The van der Waals surface area contributed by atoms with Crippen molar-refractivity contribution in [1.82, 2.24) is 0 Å². The van der Waals surface area contributed by atoms with E-state index >= 15 is 0 Å². The van der Waals surface area contributed by atoms with Crippen molar-refractivity contribution in [2.24, 2.45) is 5.73 Å². The molecular weight excluding hydrogens is 252 g/mol. The third kappa shape index (κ3) is 3.94. The number of hydrogen-bond donors (Lipinski definition) is 1. The first kappa shape index (κ1) is 15.8. The van der Waals surface area contributed by atoms with Gasteiger partial charge in [-0.2, -0.15) is 0 Å². The molecule has 0 fully saturated rings. The van der Waals surface area contributed by atoms with Crippen LogP contribution in [0.4, 0.5) is 8.78 Å². The van der Waals surface area contributed by atoms with E-state index in [2.05, 4.69) is 4.74 Å². The van der Waals surface area contributed by atoms with Gasteiger partial charge in [0.05, 0.1) is 12.6 Å². The lowest BCUT2D eigenvalue weighted by Gasteiger charge is -2.16. The van der Waals surface area contributed by atoms with Gasteiger partial charge in [0.25, 0.3) is 0 Å². The van der Waals surface area contributed by atoms with Crippen LogP contribution in [0.25, 0.3) is 0 Å². The molecule has 17 heavy (non-hydrogen) atoms. The molecule has 0 radical (unpaired) electrons. The van der Waals surface area contributed by atoms with E-state index in [1.54, 1.807) is 6.92 Å². The monoisotopic (exact) mass is 265 g/mol. The molecule has 0 heterocycles. The van der Waals surface area contributed by atoms with Crippen molar-refractivity contribution >= 4 is 18.4 Å². The van der Waals surface area contributed by atoms with Crippen molar-refractivity contribution in [1.29, 1.82) is 0 Å². The molecule has 0 amide bonds. The van der Waals surface area contributed by atoms with Crippen LogP contribution in [0.5, 0.6) is 0 Å². The molecule has 0 aliphatic heterocycles. The Kier molecular flexibility index (Phi) is 6.68. The minimum absolute atomic E-state index is 0.